The quantitative estimate of drug-likeness (QED) is 0.739. The summed E-state index contributed by atoms with van der Waals surface area (Å²) in [4.78, 5) is 0. The number of nitrogens with zero attached hydrogens (tertiary/aromatic N) is 2. The number of halogens is 3. The van der Waals surface area contributed by atoms with Crippen molar-refractivity contribution in [2.45, 2.75) is 50.7 Å². The van der Waals surface area contributed by atoms with Gasteiger partial charge < -0.3 is 15.7 Å². The summed E-state index contributed by atoms with van der Waals surface area (Å²) >= 11 is 0. The Morgan fingerprint density at radius 3 is 2.54 bits per heavy atom. The van der Waals surface area contributed by atoms with Crippen molar-refractivity contribution in [3.05, 3.63) is 34.9 Å². The minimum atomic E-state index is -4.50. The Hall–Kier alpha value is -2.35. The summed E-state index contributed by atoms with van der Waals surface area (Å²) in [5.41, 5.74) is 1.94. The van der Waals surface area contributed by atoms with Crippen LogP contribution in [0.2, 0.25) is 0 Å². The predicted molar refractivity (Wildman–Crippen MR) is 100 cm³/mol. The average molecular weight is 392 g/mol. The van der Waals surface area contributed by atoms with E-state index in [0.717, 1.165) is 80.7 Å². The molecule has 3 N–H and O–H groups in total. The minimum Gasteiger partial charge on any atom is -0.507 e. The third kappa shape index (κ3) is 3.78. The van der Waals surface area contributed by atoms with E-state index in [1.807, 2.05) is 0 Å². The van der Waals surface area contributed by atoms with Crippen molar-refractivity contribution < 1.29 is 18.3 Å². The highest BCUT2D eigenvalue weighted by Crippen LogP contribution is 2.39. The van der Waals surface area contributed by atoms with Crippen LogP contribution in [0.3, 0.4) is 0 Å². The Bertz CT molecular complexity index is 863. The molecule has 0 spiro atoms. The summed E-state index contributed by atoms with van der Waals surface area (Å²) in [6, 6.07) is 3.31. The van der Waals surface area contributed by atoms with Gasteiger partial charge in [-0.2, -0.15) is 13.2 Å². The largest absolute Gasteiger partial charge is 0.507 e. The maximum atomic E-state index is 12.9. The van der Waals surface area contributed by atoms with Crippen LogP contribution in [-0.4, -0.2) is 34.4 Å². The van der Waals surface area contributed by atoms with Crippen LogP contribution in [0.4, 0.5) is 19.0 Å². The van der Waals surface area contributed by atoms with Gasteiger partial charge in [0.2, 0.25) is 0 Å². The number of anilines is 1. The molecule has 1 aromatic carbocycles. The second-order valence-corrected chi connectivity index (χ2v) is 7.48. The molecule has 1 fully saturated rings. The smallest absolute Gasteiger partial charge is 0.416 e. The van der Waals surface area contributed by atoms with E-state index in [0.29, 0.717) is 17.3 Å². The Morgan fingerprint density at radius 1 is 1.07 bits per heavy atom. The predicted octanol–water partition coefficient (Wildman–Crippen LogP) is 3.91. The number of phenols is 1. The number of rotatable bonds is 3. The summed E-state index contributed by atoms with van der Waals surface area (Å²) < 4.78 is 38.7. The summed E-state index contributed by atoms with van der Waals surface area (Å²) in [6.07, 6.45) is 1.31. The zero-order valence-electron chi connectivity index (χ0n) is 15.4. The van der Waals surface area contributed by atoms with E-state index in [4.69, 9.17) is 0 Å². The molecule has 4 rings (SSSR count). The number of piperidine rings is 1. The second-order valence-electron chi connectivity index (χ2n) is 7.48. The van der Waals surface area contributed by atoms with Crippen molar-refractivity contribution in [2.75, 3.05) is 18.4 Å². The van der Waals surface area contributed by atoms with Crippen LogP contribution >= 0.6 is 0 Å². The fourth-order valence-corrected chi connectivity index (χ4v) is 4.06. The molecule has 2 aliphatic rings. The highest BCUT2D eigenvalue weighted by molar-refractivity contribution is 5.73. The molecular formula is C20H23F3N4O. The Labute approximate surface area is 161 Å². The van der Waals surface area contributed by atoms with Crippen molar-refractivity contribution in [1.82, 2.24) is 15.5 Å². The fourth-order valence-electron chi connectivity index (χ4n) is 4.06. The van der Waals surface area contributed by atoms with Gasteiger partial charge in [-0.1, -0.05) is 0 Å². The molecule has 28 heavy (non-hydrogen) atoms. The molecule has 8 heteroatoms. The lowest BCUT2D eigenvalue weighted by Gasteiger charge is -2.27. The SMILES string of the molecule is Oc1cc(C(F)(F)F)ccc1-c1nnc(NC2CCCNC2)c2c1CCCC2. The first-order valence-corrected chi connectivity index (χ1v) is 9.70. The van der Waals surface area contributed by atoms with Crippen LogP contribution in [0, 0.1) is 0 Å². The van der Waals surface area contributed by atoms with E-state index in [1.54, 1.807) is 0 Å². The monoisotopic (exact) mass is 392 g/mol. The lowest BCUT2D eigenvalue weighted by Crippen LogP contribution is -2.39. The van der Waals surface area contributed by atoms with Gasteiger partial charge in [0.15, 0.2) is 5.82 Å². The number of fused-ring (bicyclic) bond motifs is 1. The van der Waals surface area contributed by atoms with Crippen LogP contribution in [0.5, 0.6) is 5.75 Å². The molecule has 1 aliphatic carbocycles. The third-order valence-corrected chi connectivity index (χ3v) is 5.51. The molecule has 1 aliphatic heterocycles. The fraction of sp³-hybridized carbons (Fsp3) is 0.500. The van der Waals surface area contributed by atoms with Crippen molar-refractivity contribution in [3.63, 3.8) is 0 Å². The topological polar surface area (TPSA) is 70.1 Å². The van der Waals surface area contributed by atoms with Crippen molar-refractivity contribution >= 4 is 5.82 Å². The Balaban J connectivity index is 1.70. The lowest BCUT2D eigenvalue weighted by molar-refractivity contribution is -0.137. The van der Waals surface area contributed by atoms with Crippen LogP contribution < -0.4 is 10.6 Å². The standard InChI is InChI=1S/C20H23F3N4O/c21-20(22,23)12-7-8-16(17(28)10-12)18-14-5-1-2-6-15(14)19(27-26-18)25-13-4-3-9-24-11-13/h7-8,10,13,24,28H,1-6,9,11H2,(H,25,27). The number of phenolic OH excluding ortho intramolecular Hbond substituents is 1. The van der Waals surface area contributed by atoms with E-state index in [9.17, 15) is 18.3 Å². The van der Waals surface area contributed by atoms with Gasteiger partial charge in [-0.05, 0) is 68.8 Å². The number of nitrogens with one attached hydrogen (secondary N) is 2. The van der Waals surface area contributed by atoms with Gasteiger partial charge in [-0.25, -0.2) is 0 Å². The van der Waals surface area contributed by atoms with Gasteiger partial charge in [0.25, 0.3) is 0 Å². The van der Waals surface area contributed by atoms with Gasteiger partial charge in [0, 0.05) is 23.7 Å². The number of hydrogen-bond donors (Lipinski definition) is 3. The van der Waals surface area contributed by atoms with Gasteiger partial charge in [0.05, 0.1) is 5.56 Å². The van der Waals surface area contributed by atoms with E-state index in [2.05, 4.69) is 20.8 Å². The highest BCUT2D eigenvalue weighted by Gasteiger charge is 2.32. The first-order chi connectivity index (χ1) is 13.4. The van der Waals surface area contributed by atoms with Gasteiger partial charge in [-0.15, -0.1) is 10.2 Å². The maximum absolute atomic E-state index is 12.9. The number of aromatic hydroxyl groups is 1. The van der Waals surface area contributed by atoms with Gasteiger partial charge in [0.1, 0.15) is 11.4 Å². The molecule has 0 amide bonds. The molecule has 150 valence electrons. The minimum absolute atomic E-state index is 0.291. The molecule has 2 aromatic rings. The molecule has 1 atom stereocenters. The number of aromatic nitrogens is 2. The molecular weight excluding hydrogens is 369 g/mol. The van der Waals surface area contributed by atoms with Crippen molar-refractivity contribution in [1.29, 1.82) is 0 Å². The van der Waals surface area contributed by atoms with Crippen LogP contribution in [0.15, 0.2) is 18.2 Å². The summed E-state index contributed by atoms with van der Waals surface area (Å²) in [7, 11) is 0. The van der Waals surface area contributed by atoms with Crippen LogP contribution in [-0.2, 0) is 19.0 Å². The van der Waals surface area contributed by atoms with Crippen LogP contribution in [0.1, 0.15) is 42.4 Å². The van der Waals surface area contributed by atoms with Crippen LogP contribution in [0.25, 0.3) is 11.3 Å². The molecule has 0 bridgehead atoms. The lowest BCUT2D eigenvalue weighted by atomic mass is 9.88. The molecule has 0 saturated carbocycles. The van der Waals surface area contributed by atoms with Gasteiger partial charge in [-0.3, -0.25) is 0 Å². The van der Waals surface area contributed by atoms with Crippen molar-refractivity contribution in [2.24, 2.45) is 0 Å². The van der Waals surface area contributed by atoms with E-state index in [-0.39, 0.29) is 0 Å². The number of alkyl halides is 3. The normalized spacial score (nSPS) is 19.9. The van der Waals surface area contributed by atoms with Crippen molar-refractivity contribution in [3.8, 4) is 17.0 Å². The summed E-state index contributed by atoms with van der Waals surface area (Å²) in [5, 5.41) is 25.8. The molecule has 2 heterocycles. The summed E-state index contributed by atoms with van der Waals surface area (Å²) in [5.74, 6) is 0.340. The highest BCUT2D eigenvalue weighted by atomic mass is 19.4. The first kappa shape index (κ1) is 19.0. The zero-order chi connectivity index (χ0) is 19.7. The number of benzene rings is 1. The number of hydrogen-bond acceptors (Lipinski definition) is 5. The third-order valence-electron chi connectivity index (χ3n) is 5.51. The molecule has 0 radical (unpaired) electrons. The molecule has 1 aromatic heterocycles. The maximum Gasteiger partial charge on any atom is 0.416 e. The summed E-state index contributed by atoms with van der Waals surface area (Å²) in [6.45, 7) is 1.89. The average Bonchev–Trinajstić information content (AvgIpc) is 2.69. The van der Waals surface area contributed by atoms with Gasteiger partial charge >= 0.3 is 6.18 Å². The van der Waals surface area contributed by atoms with E-state index in [1.165, 1.54) is 6.07 Å². The first-order valence-electron chi connectivity index (χ1n) is 9.70. The Morgan fingerprint density at radius 2 is 1.86 bits per heavy atom. The molecule has 1 saturated heterocycles. The second kappa shape index (κ2) is 7.58. The van der Waals surface area contributed by atoms with E-state index < -0.39 is 17.5 Å². The molecule has 1 unspecified atom stereocenters. The van der Waals surface area contributed by atoms with E-state index >= 15 is 0 Å². The molecule has 5 nitrogen and oxygen atoms in total. The Kier molecular flexibility index (Phi) is 5.14. The zero-order valence-corrected chi connectivity index (χ0v) is 15.4.